The molecular formula is C24H20OS. The van der Waals surface area contributed by atoms with Gasteiger partial charge in [-0.1, -0.05) is 86.6 Å². The van der Waals surface area contributed by atoms with Crippen LogP contribution in [0.3, 0.4) is 0 Å². The van der Waals surface area contributed by atoms with E-state index in [0.717, 1.165) is 4.86 Å². The molecule has 0 spiro atoms. The summed E-state index contributed by atoms with van der Waals surface area (Å²) in [5.74, 6) is 0.437. The zero-order chi connectivity index (χ0) is 17.9. The Morgan fingerprint density at radius 2 is 1.15 bits per heavy atom. The van der Waals surface area contributed by atoms with Crippen LogP contribution in [-0.4, -0.2) is 9.07 Å². The fourth-order valence-corrected chi connectivity index (χ4v) is 5.85. The lowest BCUT2D eigenvalue weighted by atomic mass is 9.51. The van der Waals surface area contributed by atoms with Crippen molar-refractivity contribution in [1.82, 2.24) is 0 Å². The van der Waals surface area contributed by atoms with Gasteiger partial charge >= 0.3 is 0 Å². The third-order valence-electron chi connectivity index (χ3n) is 6.01. The Bertz CT molecular complexity index is 973. The molecule has 1 nitrogen and oxygen atoms in total. The van der Waals surface area contributed by atoms with E-state index in [-0.39, 0.29) is 11.8 Å². The molecule has 6 rings (SSSR count). The van der Waals surface area contributed by atoms with Gasteiger partial charge in [0.1, 0.15) is 0 Å². The maximum absolute atomic E-state index is 12.5. The number of rotatable bonds is 2. The predicted molar refractivity (Wildman–Crippen MR) is 108 cm³/mol. The van der Waals surface area contributed by atoms with Gasteiger partial charge in [-0.2, -0.15) is 0 Å². The molecule has 0 aromatic heterocycles. The molecule has 0 radical (unpaired) electrons. The molecule has 128 valence electrons. The van der Waals surface area contributed by atoms with Crippen molar-refractivity contribution in [2.45, 2.75) is 25.2 Å². The van der Waals surface area contributed by atoms with E-state index in [2.05, 4.69) is 86.6 Å². The predicted octanol–water partition coefficient (Wildman–Crippen LogP) is 4.87. The molecule has 0 saturated carbocycles. The summed E-state index contributed by atoms with van der Waals surface area (Å²) < 4.78 is 12.5. The molecule has 3 aromatic rings. The summed E-state index contributed by atoms with van der Waals surface area (Å²) in [5, 5.41) is 0. The van der Waals surface area contributed by atoms with E-state index >= 15 is 0 Å². The van der Waals surface area contributed by atoms with Crippen LogP contribution in [0.25, 0.3) is 0 Å². The molecule has 26 heavy (non-hydrogen) atoms. The fraction of sp³-hybridized carbons (Fsp3) is 0.208. The number of hydrogen-bond donors (Lipinski definition) is 0. The lowest BCUT2D eigenvalue weighted by molar-refractivity contribution is 0.652. The minimum atomic E-state index is -0.459. The summed E-state index contributed by atoms with van der Waals surface area (Å²) in [7, 11) is 0. The Morgan fingerprint density at radius 1 is 0.769 bits per heavy atom. The highest BCUT2D eigenvalue weighted by molar-refractivity contribution is 7.66. The fourth-order valence-electron chi connectivity index (χ4n) is 5.20. The number of benzene rings is 3. The first-order valence-electron chi connectivity index (χ1n) is 9.16. The summed E-state index contributed by atoms with van der Waals surface area (Å²) in [5.41, 5.74) is 7.43. The molecule has 0 amide bonds. The van der Waals surface area contributed by atoms with Crippen molar-refractivity contribution >= 4 is 16.1 Å². The second kappa shape index (κ2) is 5.52. The Labute approximate surface area is 157 Å². The van der Waals surface area contributed by atoms with Crippen molar-refractivity contribution in [2.75, 3.05) is 0 Å². The van der Waals surface area contributed by atoms with Crippen LogP contribution >= 0.6 is 0 Å². The van der Waals surface area contributed by atoms with Gasteiger partial charge in [0, 0.05) is 10.8 Å². The number of hydrogen-bond acceptors (Lipinski definition) is 1. The van der Waals surface area contributed by atoms with E-state index in [1.54, 1.807) is 0 Å². The van der Waals surface area contributed by atoms with E-state index in [0.29, 0.717) is 11.3 Å². The third-order valence-corrected chi connectivity index (χ3v) is 6.97. The molecule has 3 aliphatic rings. The average Bonchev–Trinajstić information content (AvgIpc) is 2.68. The maximum atomic E-state index is 12.5. The topological polar surface area (TPSA) is 17.1 Å². The van der Waals surface area contributed by atoms with E-state index in [1.807, 2.05) is 0 Å². The molecule has 2 heteroatoms. The second-order valence-corrected chi connectivity index (χ2v) is 8.15. The zero-order valence-electron chi connectivity index (χ0n) is 14.9. The smallest absolute Gasteiger partial charge is 0.0895 e. The highest BCUT2D eigenvalue weighted by atomic mass is 32.1. The van der Waals surface area contributed by atoms with E-state index < -0.39 is 5.41 Å². The summed E-state index contributed by atoms with van der Waals surface area (Å²) in [4.78, 5) is 0.989. The van der Waals surface area contributed by atoms with E-state index in [4.69, 9.17) is 0 Å². The highest BCUT2D eigenvalue weighted by Gasteiger charge is 2.54. The molecule has 0 unspecified atom stereocenters. The van der Waals surface area contributed by atoms with Gasteiger partial charge in [-0.3, -0.25) is 0 Å². The van der Waals surface area contributed by atoms with Crippen LogP contribution in [0.2, 0.25) is 0 Å². The van der Waals surface area contributed by atoms with Gasteiger partial charge in [0.15, 0.2) is 0 Å². The van der Waals surface area contributed by atoms with Crippen molar-refractivity contribution in [2.24, 2.45) is 5.92 Å². The molecule has 0 heterocycles. The van der Waals surface area contributed by atoms with Crippen LogP contribution in [0, 0.1) is 5.92 Å². The third kappa shape index (κ3) is 1.73. The largest absolute Gasteiger partial charge is 0.212 e. The molecule has 0 saturated heterocycles. The van der Waals surface area contributed by atoms with Gasteiger partial charge in [-0.15, -0.1) is 0 Å². The monoisotopic (exact) mass is 356 g/mol. The molecule has 0 aliphatic heterocycles. The Morgan fingerprint density at radius 3 is 1.50 bits per heavy atom. The van der Waals surface area contributed by atoms with Gasteiger partial charge in [0.25, 0.3) is 0 Å². The van der Waals surface area contributed by atoms with Gasteiger partial charge < -0.3 is 0 Å². The van der Waals surface area contributed by atoms with Gasteiger partial charge in [-0.25, -0.2) is 4.21 Å². The van der Waals surface area contributed by atoms with Crippen LogP contribution in [0.1, 0.15) is 53.1 Å². The maximum Gasteiger partial charge on any atom is 0.0895 e. The minimum Gasteiger partial charge on any atom is -0.212 e. The Hall–Kier alpha value is -2.45. The molecule has 0 N–H and O–H groups in total. The Balaban J connectivity index is 2.04. The van der Waals surface area contributed by atoms with Gasteiger partial charge in [0.2, 0.25) is 0 Å². The van der Waals surface area contributed by atoms with Crippen LogP contribution < -0.4 is 0 Å². The van der Waals surface area contributed by atoms with Crippen molar-refractivity contribution in [3.05, 3.63) is 106 Å². The van der Waals surface area contributed by atoms with Crippen molar-refractivity contribution in [3.63, 3.8) is 0 Å². The summed E-state index contributed by atoms with van der Waals surface area (Å²) in [6, 6.07) is 26.1. The summed E-state index contributed by atoms with van der Waals surface area (Å²) in [6.45, 7) is 4.28. The molecule has 3 aliphatic carbocycles. The first-order chi connectivity index (χ1) is 12.7. The van der Waals surface area contributed by atoms with Crippen LogP contribution in [0.5, 0.6) is 0 Å². The van der Waals surface area contributed by atoms with E-state index in [9.17, 15) is 4.21 Å². The van der Waals surface area contributed by atoms with Gasteiger partial charge in [-0.05, 0) is 39.3 Å². The summed E-state index contributed by atoms with van der Waals surface area (Å²) in [6.07, 6.45) is 0. The van der Waals surface area contributed by atoms with Crippen LogP contribution in [0.15, 0.2) is 72.8 Å². The molecule has 2 bridgehead atoms. The van der Waals surface area contributed by atoms with Gasteiger partial charge in [0.05, 0.1) is 16.7 Å². The molecule has 0 fully saturated rings. The molecular weight excluding hydrogens is 336 g/mol. The second-order valence-electron chi connectivity index (χ2n) is 7.55. The normalized spacial score (nSPS) is 21.7. The quantitative estimate of drug-likeness (QED) is 0.599. The lowest BCUT2D eigenvalue weighted by Gasteiger charge is -2.51. The molecule has 0 atom stereocenters. The first kappa shape index (κ1) is 15.8. The van der Waals surface area contributed by atoms with Crippen molar-refractivity contribution in [1.29, 1.82) is 0 Å². The summed E-state index contributed by atoms with van der Waals surface area (Å²) >= 11 is 0.690. The lowest BCUT2D eigenvalue weighted by Crippen LogP contribution is -2.49. The minimum absolute atomic E-state index is 0.182. The first-order valence-corrected chi connectivity index (χ1v) is 9.90. The highest BCUT2D eigenvalue weighted by Crippen LogP contribution is 2.59. The zero-order valence-corrected chi connectivity index (χ0v) is 15.7. The van der Waals surface area contributed by atoms with E-state index in [1.165, 1.54) is 33.4 Å². The van der Waals surface area contributed by atoms with Crippen LogP contribution in [0.4, 0.5) is 0 Å². The molecule has 3 aromatic carbocycles. The average molecular weight is 356 g/mol. The van der Waals surface area contributed by atoms with Crippen molar-refractivity contribution in [3.8, 4) is 0 Å². The SMILES string of the molecule is CC(C)C(=S=O)C12c3ccccc3C(c3ccccc31)c1ccccc12. The van der Waals surface area contributed by atoms with Crippen molar-refractivity contribution < 1.29 is 4.21 Å². The Kier molecular flexibility index (Phi) is 3.35. The standard InChI is InChI=1S/C24H20OS/c1-15(2)23(26-25)24-19-12-6-3-9-16(19)22(17-10-4-7-13-20(17)24)18-11-5-8-14-21(18)24/h3-15,22H,1-2H3. The van der Waals surface area contributed by atoms with Crippen LogP contribution in [-0.2, 0) is 16.7 Å².